The Morgan fingerprint density at radius 3 is 1.66 bits per heavy atom. The van der Waals surface area contributed by atoms with E-state index in [1.54, 1.807) is 16.7 Å². The van der Waals surface area contributed by atoms with E-state index in [1.807, 2.05) is 126 Å². The van der Waals surface area contributed by atoms with Crippen LogP contribution in [0.25, 0.3) is 5.69 Å². The molecule has 0 aliphatic carbocycles. The van der Waals surface area contributed by atoms with Crippen molar-refractivity contribution in [1.82, 2.24) is 14.7 Å². The predicted molar refractivity (Wildman–Crippen MR) is 277 cm³/mol. The molecule has 15 heteroatoms. The molecule has 0 radical (unpaired) electrons. The monoisotopic (exact) mass is 948 g/mol. The van der Waals surface area contributed by atoms with E-state index in [4.69, 9.17) is 9.47 Å². The molecular weight excluding hydrogens is 883 g/mol. The molecule has 5 aliphatic heterocycles. The average Bonchev–Trinajstić information content (AvgIpc) is 3.74. The lowest BCUT2D eigenvalue weighted by molar-refractivity contribution is -0.120. The van der Waals surface area contributed by atoms with Crippen molar-refractivity contribution < 1.29 is 28.7 Å². The molecule has 3 saturated heterocycles. The summed E-state index contributed by atoms with van der Waals surface area (Å²) < 4.78 is 12.4. The number of amides is 4. The quantitative estimate of drug-likeness (QED) is 0.113. The van der Waals surface area contributed by atoms with Gasteiger partial charge in [0.05, 0.1) is 43.1 Å². The molecule has 15 nitrogen and oxygen atoms in total. The summed E-state index contributed by atoms with van der Waals surface area (Å²) >= 11 is 0. The number of benzene rings is 4. The Labute approximate surface area is 411 Å². The number of nitrogens with zero attached hydrogens (tertiary/aromatic N) is 8. The molecule has 366 valence electrons. The molecule has 0 bridgehead atoms. The highest BCUT2D eigenvalue weighted by Crippen LogP contribution is 2.32. The number of morpholine rings is 1. The van der Waals surface area contributed by atoms with Crippen molar-refractivity contribution in [2.24, 2.45) is 5.10 Å². The number of methoxy groups -OCH3 is 1. The van der Waals surface area contributed by atoms with E-state index in [-0.39, 0.29) is 23.6 Å². The van der Waals surface area contributed by atoms with Gasteiger partial charge in [-0.15, -0.1) is 0 Å². The number of hydrazone groups is 1. The number of piperidine rings is 2. The second-order valence-electron chi connectivity index (χ2n) is 18.2. The minimum atomic E-state index is -0.0653. The highest BCUT2D eigenvalue weighted by molar-refractivity contribution is 6.08. The van der Waals surface area contributed by atoms with Gasteiger partial charge < -0.3 is 34.0 Å². The van der Waals surface area contributed by atoms with Crippen LogP contribution in [-0.2, 0) is 25.5 Å². The van der Waals surface area contributed by atoms with Gasteiger partial charge in [-0.25, -0.2) is 4.68 Å². The molecule has 70 heavy (non-hydrogen) atoms. The summed E-state index contributed by atoms with van der Waals surface area (Å²) in [5.41, 5.74) is 13.9. The fourth-order valence-electron chi connectivity index (χ4n) is 9.25. The maximum atomic E-state index is 13.6. The van der Waals surface area contributed by atoms with Crippen molar-refractivity contribution in [3.8, 4) is 11.4 Å². The third kappa shape index (κ3) is 11.6. The molecule has 4 aromatic carbocycles. The zero-order chi connectivity index (χ0) is 49.1. The van der Waals surface area contributed by atoms with Crippen LogP contribution in [0.5, 0.6) is 5.75 Å². The molecule has 3 fully saturated rings. The lowest BCUT2D eigenvalue weighted by Crippen LogP contribution is -2.45. The molecule has 1 N–H and O–H groups in total. The first-order valence-electron chi connectivity index (χ1n) is 24.5. The van der Waals surface area contributed by atoms with Gasteiger partial charge in [0.1, 0.15) is 11.4 Å². The SMILES string of the molecule is CC(C)=NNc1ccc(C)cc1.COc1ccc(-n2nc(C)c3c2C(=O)N(c2ccc(N4CCCCC4=O)cc2)CC3)cc1.O=C1CCCCN1c1ccc(N2CCC=C(N3CCOCC3)C2=O)cc1. The number of rotatable bonds is 9. The van der Waals surface area contributed by atoms with Crippen molar-refractivity contribution in [2.75, 3.05) is 84.6 Å². The van der Waals surface area contributed by atoms with E-state index >= 15 is 0 Å². The van der Waals surface area contributed by atoms with Gasteiger partial charge in [-0.05, 0) is 151 Å². The van der Waals surface area contributed by atoms with Crippen LogP contribution in [0.15, 0.2) is 114 Å². The van der Waals surface area contributed by atoms with Gasteiger partial charge in [0.2, 0.25) is 11.8 Å². The zero-order valence-electron chi connectivity index (χ0n) is 41.2. The molecule has 0 unspecified atom stereocenters. The fraction of sp³-hybridized carbons (Fsp3) is 0.382. The van der Waals surface area contributed by atoms with Crippen LogP contribution in [0.4, 0.5) is 28.4 Å². The number of anilines is 5. The normalized spacial score (nSPS) is 17.2. The number of carbonyl (C=O) groups excluding carboxylic acids is 4. The van der Waals surface area contributed by atoms with E-state index in [9.17, 15) is 19.2 Å². The molecule has 10 rings (SSSR count). The van der Waals surface area contributed by atoms with E-state index in [0.29, 0.717) is 44.8 Å². The Morgan fingerprint density at radius 2 is 1.13 bits per heavy atom. The van der Waals surface area contributed by atoms with Gasteiger partial charge in [0.25, 0.3) is 11.8 Å². The van der Waals surface area contributed by atoms with Crippen molar-refractivity contribution in [3.63, 3.8) is 0 Å². The van der Waals surface area contributed by atoms with Gasteiger partial charge in [0.15, 0.2) is 0 Å². The number of hydrogen-bond donors (Lipinski definition) is 1. The van der Waals surface area contributed by atoms with E-state index in [1.165, 1.54) is 5.56 Å². The number of aromatic nitrogens is 2. The number of ether oxygens (including phenoxy) is 2. The van der Waals surface area contributed by atoms with E-state index in [0.717, 1.165) is 127 Å². The van der Waals surface area contributed by atoms with Crippen LogP contribution in [-0.4, -0.2) is 104 Å². The van der Waals surface area contributed by atoms with Crippen LogP contribution < -0.4 is 29.8 Å². The van der Waals surface area contributed by atoms with Gasteiger partial charge in [0, 0.05) is 86.1 Å². The standard InChI is InChI=1S/C25H26N4O3.C20H25N3O3.C10H14N2/c1-17-22-14-16-28(19-8-6-18(7-9-19)27-15-4-3-5-23(27)30)25(31)24(22)29(26-17)20-10-12-21(32-2)13-11-20;24-19-5-1-2-10-22(19)16-6-8-17(9-7-16)23-11-3-4-18(20(23)25)21-12-14-26-15-13-21;1-8(2)11-12-10-6-4-9(3)5-7-10/h6-13H,3-5,14-16H2,1-2H3;4,6-9H,1-3,5,10-15H2;4-7,12H,1-3H3. The molecular formula is C55H65N9O6. The van der Waals surface area contributed by atoms with Crippen LogP contribution in [0.2, 0.25) is 0 Å². The van der Waals surface area contributed by atoms with Crippen molar-refractivity contribution in [2.45, 2.75) is 79.1 Å². The molecule has 0 atom stereocenters. The van der Waals surface area contributed by atoms with Crippen LogP contribution >= 0.6 is 0 Å². The van der Waals surface area contributed by atoms with Gasteiger partial charge >= 0.3 is 0 Å². The van der Waals surface area contributed by atoms with E-state index < -0.39 is 0 Å². The van der Waals surface area contributed by atoms with Crippen LogP contribution in [0.1, 0.15) is 86.1 Å². The summed E-state index contributed by atoms with van der Waals surface area (Å²) in [6, 6.07) is 31.3. The summed E-state index contributed by atoms with van der Waals surface area (Å²) in [7, 11) is 1.63. The molecule has 0 spiro atoms. The Balaban J connectivity index is 0.000000155. The number of fused-ring (bicyclic) bond motifs is 1. The summed E-state index contributed by atoms with van der Waals surface area (Å²) in [4.78, 5) is 60.3. The summed E-state index contributed by atoms with van der Waals surface area (Å²) in [5, 5.41) is 8.76. The average molecular weight is 948 g/mol. The van der Waals surface area contributed by atoms with Crippen molar-refractivity contribution in [3.05, 3.63) is 131 Å². The van der Waals surface area contributed by atoms with E-state index in [2.05, 4.69) is 39.6 Å². The van der Waals surface area contributed by atoms with Gasteiger partial charge in [-0.1, -0.05) is 23.8 Å². The Bertz CT molecular complexity index is 2680. The lowest BCUT2D eigenvalue weighted by Gasteiger charge is -2.35. The minimum Gasteiger partial charge on any atom is -0.497 e. The highest BCUT2D eigenvalue weighted by Gasteiger charge is 2.33. The molecule has 5 aromatic rings. The minimum absolute atomic E-state index is 0.0555. The molecule has 4 amide bonds. The number of carbonyl (C=O) groups is 4. The maximum Gasteiger partial charge on any atom is 0.277 e. The molecule has 1 aromatic heterocycles. The molecule has 5 aliphatic rings. The van der Waals surface area contributed by atoms with Crippen molar-refractivity contribution >= 4 is 57.8 Å². The first-order valence-corrected chi connectivity index (χ1v) is 24.5. The second kappa shape index (κ2) is 22.9. The first-order chi connectivity index (χ1) is 34.0. The van der Waals surface area contributed by atoms with Crippen LogP contribution in [0.3, 0.4) is 0 Å². The van der Waals surface area contributed by atoms with Crippen molar-refractivity contribution in [1.29, 1.82) is 0 Å². The predicted octanol–water partition coefficient (Wildman–Crippen LogP) is 8.87. The third-order valence-corrected chi connectivity index (χ3v) is 13.1. The third-order valence-electron chi connectivity index (χ3n) is 13.1. The summed E-state index contributed by atoms with van der Waals surface area (Å²) in [6.45, 7) is 13.6. The Kier molecular flexibility index (Phi) is 16.1. The first kappa shape index (κ1) is 49.2. The Hall–Kier alpha value is -7.26. The lowest BCUT2D eigenvalue weighted by atomic mass is 10.0. The second-order valence-corrected chi connectivity index (χ2v) is 18.2. The topological polar surface area (TPSA) is 145 Å². The highest BCUT2D eigenvalue weighted by atomic mass is 16.5. The zero-order valence-corrected chi connectivity index (χ0v) is 41.2. The van der Waals surface area contributed by atoms with Gasteiger partial charge in [-0.2, -0.15) is 10.2 Å². The van der Waals surface area contributed by atoms with Gasteiger partial charge in [-0.3, -0.25) is 24.6 Å². The molecule has 6 heterocycles. The maximum absolute atomic E-state index is 13.6. The summed E-state index contributed by atoms with van der Waals surface area (Å²) in [6.07, 6.45) is 8.88. The number of hydrogen-bond acceptors (Lipinski definition) is 10. The van der Waals surface area contributed by atoms with Crippen LogP contribution in [0, 0.1) is 13.8 Å². The summed E-state index contributed by atoms with van der Waals surface area (Å²) in [5.74, 6) is 1.10. The number of aryl methyl sites for hydroxylation is 2. The Morgan fingerprint density at radius 1 is 0.600 bits per heavy atom. The fourth-order valence-corrected chi connectivity index (χ4v) is 9.25. The number of nitrogens with one attached hydrogen (secondary N) is 1. The molecule has 0 saturated carbocycles. The largest absolute Gasteiger partial charge is 0.497 e. The smallest absolute Gasteiger partial charge is 0.277 e.